The Balaban J connectivity index is 2.29. The normalized spacial score (nSPS) is 16.8. The summed E-state index contributed by atoms with van der Waals surface area (Å²) in [5.74, 6) is 0. The summed E-state index contributed by atoms with van der Waals surface area (Å²) in [7, 11) is 0. The lowest BCUT2D eigenvalue weighted by Gasteiger charge is -2.13. The van der Waals surface area contributed by atoms with Gasteiger partial charge in [0.2, 0.25) is 0 Å². The zero-order valence-electron chi connectivity index (χ0n) is 7.49. The highest BCUT2D eigenvalue weighted by Crippen LogP contribution is 2.22. The number of ether oxygens (including phenoxy) is 1. The van der Waals surface area contributed by atoms with Crippen LogP contribution >= 0.6 is 0 Å². The van der Waals surface area contributed by atoms with Crippen molar-refractivity contribution in [2.24, 2.45) is 0 Å². The topological polar surface area (TPSA) is 35.2 Å². The fourth-order valence-corrected chi connectivity index (χ4v) is 1.53. The van der Waals surface area contributed by atoms with Crippen LogP contribution in [0.1, 0.15) is 12.0 Å². The highest BCUT2D eigenvalue weighted by atomic mass is 16.5. The van der Waals surface area contributed by atoms with Crippen LogP contribution in [-0.4, -0.2) is 13.2 Å². The fraction of sp³-hybridized carbons (Fsp3) is 0.273. The summed E-state index contributed by atoms with van der Waals surface area (Å²) >= 11 is 0. The van der Waals surface area contributed by atoms with Gasteiger partial charge in [-0.1, -0.05) is 18.2 Å². The smallest absolute Gasteiger partial charge is 0.0653 e. The average molecular weight is 175 g/mol. The van der Waals surface area contributed by atoms with Gasteiger partial charge in [0.1, 0.15) is 0 Å². The Bertz CT molecular complexity index is 331. The SMILES string of the molecule is Nc1cccc(C2=CCOCC2)c1. The molecule has 0 unspecified atom stereocenters. The van der Waals surface area contributed by atoms with E-state index >= 15 is 0 Å². The number of anilines is 1. The molecular formula is C11H13NO. The molecule has 0 fully saturated rings. The number of benzene rings is 1. The number of hydrogen-bond acceptors (Lipinski definition) is 2. The second kappa shape index (κ2) is 3.62. The molecule has 0 bridgehead atoms. The van der Waals surface area contributed by atoms with Gasteiger partial charge in [0.05, 0.1) is 13.2 Å². The first kappa shape index (κ1) is 8.32. The Kier molecular flexibility index (Phi) is 2.32. The van der Waals surface area contributed by atoms with Gasteiger partial charge in [-0.05, 0) is 29.7 Å². The monoisotopic (exact) mass is 175 g/mol. The standard InChI is InChI=1S/C11H13NO/c12-11-3-1-2-10(8-11)9-4-6-13-7-5-9/h1-4,8H,5-7,12H2. The van der Waals surface area contributed by atoms with Crippen molar-refractivity contribution in [1.82, 2.24) is 0 Å². The first-order valence-electron chi connectivity index (χ1n) is 4.49. The minimum Gasteiger partial charge on any atom is -0.399 e. The molecule has 0 aliphatic carbocycles. The molecule has 1 aliphatic heterocycles. The summed E-state index contributed by atoms with van der Waals surface area (Å²) < 4.78 is 5.24. The van der Waals surface area contributed by atoms with E-state index in [0.29, 0.717) is 0 Å². The summed E-state index contributed by atoms with van der Waals surface area (Å²) in [6.07, 6.45) is 3.11. The molecule has 0 saturated carbocycles. The summed E-state index contributed by atoms with van der Waals surface area (Å²) in [5, 5.41) is 0. The van der Waals surface area contributed by atoms with Crippen LogP contribution in [0.3, 0.4) is 0 Å². The van der Waals surface area contributed by atoms with Gasteiger partial charge in [0.15, 0.2) is 0 Å². The maximum absolute atomic E-state index is 5.71. The van der Waals surface area contributed by atoms with Gasteiger partial charge < -0.3 is 10.5 Å². The Morgan fingerprint density at radius 2 is 2.23 bits per heavy atom. The maximum Gasteiger partial charge on any atom is 0.0653 e. The average Bonchev–Trinajstić information content (AvgIpc) is 2.19. The highest BCUT2D eigenvalue weighted by Gasteiger charge is 2.05. The molecule has 13 heavy (non-hydrogen) atoms. The molecule has 1 aromatic rings. The number of nitrogen functional groups attached to an aromatic ring is 1. The zero-order valence-corrected chi connectivity index (χ0v) is 7.49. The molecule has 1 aliphatic rings. The van der Waals surface area contributed by atoms with Crippen molar-refractivity contribution in [1.29, 1.82) is 0 Å². The predicted molar refractivity (Wildman–Crippen MR) is 54.3 cm³/mol. The summed E-state index contributed by atoms with van der Waals surface area (Å²) in [4.78, 5) is 0. The van der Waals surface area contributed by atoms with Crippen LogP contribution in [0.25, 0.3) is 5.57 Å². The largest absolute Gasteiger partial charge is 0.399 e. The molecule has 68 valence electrons. The van der Waals surface area contributed by atoms with Crippen LogP contribution in [0.4, 0.5) is 5.69 Å². The third-order valence-corrected chi connectivity index (χ3v) is 2.22. The van der Waals surface area contributed by atoms with Crippen molar-refractivity contribution < 1.29 is 4.74 Å². The van der Waals surface area contributed by atoms with Gasteiger partial charge in [0.25, 0.3) is 0 Å². The lowest BCUT2D eigenvalue weighted by Crippen LogP contribution is -2.03. The van der Waals surface area contributed by atoms with E-state index in [1.165, 1.54) is 11.1 Å². The molecule has 2 nitrogen and oxygen atoms in total. The fourth-order valence-electron chi connectivity index (χ4n) is 1.53. The van der Waals surface area contributed by atoms with Crippen molar-refractivity contribution in [3.05, 3.63) is 35.9 Å². The van der Waals surface area contributed by atoms with Crippen molar-refractivity contribution >= 4 is 11.3 Å². The van der Waals surface area contributed by atoms with E-state index in [4.69, 9.17) is 10.5 Å². The van der Waals surface area contributed by atoms with Crippen LogP contribution < -0.4 is 5.73 Å². The Morgan fingerprint density at radius 3 is 2.92 bits per heavy atom. The molecule has 2 rings (SSSR count). The third-order valence-electron chi connectivity index (χ3n) is 2.22. The molecule has 2 N–H and O–H groups in total. The van der Waals surface area contributed by atoms with Gasteiger partial charge in [-0.25, -0.2) is 0 Å². The second-order valence-corrected chi connectivity index (χ2v) is 3.18. The maximum atomic E-state index is 5.71. The molecule has 0 amide bonds. The summed E-state index contributed by atoms with van der Waals surface area (Å²) in [6.45, 7) is 1.55. The number of hydrogen-bond donors (Lipinski definition) is 1. The molecule has 0 aromatic heterocycles. The van der Waals surface area contributed by atoms with Crippen LogP contribution in [-0.2, 0) is 4.74 Å². The van der Waals surface area contributed by atoms with Crippen molar-refractivity contribution in [2.75, 3.05) is 18.9 Å². The van der Waals surface area contributed by atoms with E-state index in [0.717, 1.165) is 25.3 Å². The molecule has 1 aromatic carbocycles. The number of nitrogens with two attached hydrogens (primary N) is 1. The first-order chi connectivity index (χ1) is 6.36. The summed E-state index contributed by atoms with van der Waals surface area (Å²) in [5.41, 5.74) is 9.10. The summed E-state index contributed by atoms with van der Waals surface area (Å²) in [6, 6.07) is 8.00. The minimum atomic E-state index is 0.726. The van der Waals surface area contributed by atoms with Crippen LogP contribution in [0.2, 0.25) is 0 Å². The zero-order chi connectivity index (χ0) is 9.10. The molecule has 2 heteroatoms. The second-order valence-electron chi connectivity index (χ2n) is 3.18. The quantitative estimate of drug-likeness (QED) is 0.663. The lowest BCUT2D eigenvalue weighted by atomic mass is 10.0. The minimum absolute atomic E-state index is 0.726. The molecule has 0 spiro atoms. The van der Waals surface area contributed by atoms with Crippen LogP contribution in [0.5, 0.6) is 0 Å². The number of rotatable bonds is 1. The Labute approximate surface area is 78.0 Å². The van der Waals surface area contributed by atoms with E-state index in [9.17, 15) is 0 Å². The predicted octanol–water partition coefficient (Wildman–Crippen LogP) is 2.07. The van der Waals surface area contributed by atoms with Gasteiger partial charge >= 0.3 is 0 Å². The van der Waals surface area contributed by atoms with E-state index in [2.05, 4.69) is 12.1 Å². The van der Waals surface area contributed by atoms with Crippen LogP contribution in [0, 0.1) is 0 Å². The van der Waals surface area contributed by atoms with Gasteiger partial charge in [0, 0.05) is 5.69 Å². The Morgan fingerprint density at radius 1 is 1.31 bits per heavy atom. The van der Waals surface area contributed by atoms with E-state index < -0.39 is 0 Å². The molecule has 0 saturated heterocycles. The third kappa shape index (κ3) is 1.90. The molecule has 0 radical (unpaired) electrons. The molecule has 1 heterocycles. The molecule has 0 atom stereocenters. The van der Waals surface area contributed by atoms with Gasteiger partial charge in [-0.3, -0.25) is 0 Å². The lowest BCUT2D eigenvalue weighted by molar-refractivity contribution is 0.161. The Hall–Kier alpha value is -1.28. The van der Waals surface area contributed by atoms with Gasteiger partial charge in [-0.2, -0.15) is 0 Å². The van der Waals surface area contributed by atoms with E-state index in [-0.39, 0.29) is 0 Å². The van der Waals surface area contributed by atoms with E-state index in [1.54, 1.807) is 0 Å². The van der Waals surface area contributed by atoms with Gasteiger partial charge in [-0.15, -0.1) is 0 Å². The highest BCUT2D eigenvalue weighted by molar-refractivity contribution is 5.68. The first-order valence-corrected chi connectivity index (χ1v) is 4.49. The van der Waals surface area contributed by atoms with Crippen molar-refractivity contribution in [3.63, 3.8) is 0 Å². The molecular weight excluding hydrogens is 162 g/mol. The van der Waals surface area contributed by atoms with Crippen molar-refractivity contribution in [3.8, 4) is 0 Å². The van der Waals surface area contributed by atoms with E-state index in [1.807, 2.05) is 18.2 Å². The van der Waals surface area contributed by atoms with Crippen LogP contribution in [0.15, 0.2) is 30.3 Å². The van der Waals surface area contributed by atoms with Crippen molar-refractivity contribution in [2.45, 2.75) is 6.42 Å².